The Labute approximate surface area is 177 Å². The predicted molar refractivity (Wildman–Crippen MR) is 114 cm³/mol. The van der Waals surface area contributed by atoms with E-state index in [2.05, 4.69) is 10.5 Å². The molecule has 9 nitrogen and oxygen atoms in total. The number of nitro benzene ring substituents is 1. The second kappa shape index (κ2) is 9.88. The van der Waals surface area contributed by atoms with E-state index >= 15 is 0 Å². The average Bonchev–Trinajstić information content (AvgIpc) is 2.79. The first-order chi connectivity index (χ1) is 15.0. The fourth-order valence-electron chi connectivity index (χ4n) is 2.70. The summed E-state index contributed by atoms with van der Waals surface area (Å²) in [6.07, 6.45) is 1.08. The summed E-state index contributed by atoms with van der Waals surface area (Å²) in [5.41, 5.74) is 4.06. The van der Waals surface area contributed by atoms with E-state index in [1.54, 1.807) is 12.1 Å². The summed E-state index contributed by atoms with van der Waals surface area (Å²) in [5, 5.41) is 24.7. The molecule has 0 spiro atoms. The highest BCUT2D eigenvalue weighted by Gasteiger charge is 2.15. The highest BCUT2D eigenvalue weighted by molar-refractivity contribution is 5.87. The lowest BCUT2D eigenvalue weighted by atomic mass is 10.1. The number of hydrazone groups is 1. The van der Waals surface area contributed by atoms with Crippen LogP contribution in [-0.4, -0.2) is 35.9 Å². The lowest BCUT2D eigenvalue weighted by molar-refractivity contribution is -0.385. The Balaban J connectivity index is 1.56. The van der Waals surface area contributed by atoms with Gasteiger partial charge >= 0.3 is 0 Å². The van der Waals surface area contributed by atoms with E-state index in [0.29, 0.717) is 5.75 Å². The molecule has 1 amide bonds. The minimum atomic E-state index is -0.630. The minimum Gasteiger partial charge on any atom is -0.504 e. The number of nitrogens with zero attached hydrogens (tertiary/aromatic N) is 2. The van der Waals surface area contributed by atoms with E-state index < -0.39 is 10.8 Å². The normalized spacial score (nSPS) is 10.6. The summed E-state index contributed by atoms with van der Waals surface area (Å²) < 4.78 is 10.3. The van der Waals surface area contributed by atoms with Crippen molar-refractivity contribution in [1.29, 1.82) is 0 Å². The average molecular weight is 421 g/mol. The molecule has 3 aromatic carbocycles. The smallest absolute Gasteiger partial charge is 0.277 e. The summed E-state index contributed by atoms with van der Waals surface area (Å²) in [5.74, 6) is -0.440. The summed E-state index contributed by atoms with van der Waals surface area (Å²) >= 11 is 0. The molecule has 0 saturated carbocycles. The molecule has 0 heterocycles. The van der Waals surface area contributed by atoms with Crippen molar-refractivity contribution < 1.29 is 24.3 Å². The van der Waals surface area contributed by atoms with Crippen LogP contribution in [0.5, 0.6) is 17.2 Å². The number of phenolic OH excluding ortho intramolecular Hbond substituents is 1. The Morgan fingerprint density at radius 1 is 1.13 bits per heavy atom. The van der Waals surface area contributed by atoms with Gasteiger partial charge in [0, 0.05) is 11.6 Å². The summed E-state index contributed by atoms with van der Waals surface area (Å²) in [6, 6.07) is 19.3. The van der Waals surface area contributed by atoms with Crippen LogP contribution >= 0.6 is 0 Å². The van der Waals surface area contributed by atoms with E-state index in [4.69, 9.17) is 9.47 Å². The van der Waals surface area contributed by atoms with Gasteiger partial charge in [0.25, 0.3) is 11.6 Å². The van der Waals surface area contributed by atoms with Crippen LogP contribution in [0.4, 0.5) is 5.69 Å². The van der Waals surface area contributed by atoms with Crippen LogP contribution in [0.15, 0.2) is 71.8 Å². The van der Waals surface area contributed by atoms with Crippen LogP contribution in [0.2, 0.25) is 0 Å². The fraction of sp³-hybridized carbons (Fsp3) is 0.0909. The van der Waals surface area contributed by atoms with Gasteiger partial charge in [-0.1, -0.05) is 42.5 Å². The van der Waals surface area contributed by atoms with Crippen molar-refractivity contribution in [2.24, 2.45) is 5.10 Å². The Kier molecular flexibility index (Phi) is 6.79. The standard InChI is InChI=1S/C22H19N3O6/c1-30-20-12-18(25(28)29)11-17(22(20)27)13-23-24-21(26)14-31-19-9-7-16(8-10-19)15-5-3-2-4-6-15/h2-13,27H,14H2,1H3,(H,24,26)/b23-13+. The first kappa shape index (κ1) is 21.3. The number of phenols is 1. The maximum absolute atomic E-state index is 11.9. The largest absolute Gasteiger partial charge is 0.504 e. The molecule has 0 fully saturated rings. The number of nitrogens with one attached hydrogen (secondary N) is 1. The van der Waals surface area contributed by atoms with Crippen LogP contribution in [0.25, 0.3) is 11.1 Å². The molecule has 0 aliphatic rings. The van der Waals surface area contributed by atoms with Gasteiger partial charge < -0.3 is 14.6 Å². The lowest BCUT2D eigenvalue weighted by Crippen LogP contribution is -2.24. The molecule has 9 heteroatoms. The number of amides is 1. The van der Waals surface area contributed by atoms with Crippen molar-refractivity contribution in [1.82, 2.24) is 5.43 Å². The number of carbonyl (C=O) groups is 1. The van der Waals surface area contributed by atoms with Crippen LogP contribution in [0.1, 0.15) is 5.56 Å². The van der Waals surface area contributed by atoms with Gasteiger partial charge in [0.05, 0.1) is 24.3 Å². The van der Waals surface area contributed by atoms with Gasteiger partial charge in [-0.3, -0.25) is 14.9 Å². The molecule has 3 rings (SSSR count). The third-order valence-electron chi connectivity index (χ3n) is 4.24. The topological polar surface area (TPSA) is 123 Å². The van der Waals surface area contributed by atoms with E-state index in [0.717, 1.165) is 29.5 Å². The van der Waals surface area contributed by atoms with Gasteiger partial charge in [-0.2, -0.15) is 5.10 Å². The molecule has 0 radical (unpaired) electrons. The number of ether oxygens (including phenoxy) is 2. The van der Waals surface area contributed by atoms with Crippen molar-refractivity contribution in [3.05, 3.63) is 82.4 Å². The van der Waals surface area contributed by atoms with Gasteiger partial charge in [-0.25, -0.2) is 5.43 Å². The molecular weight excluding hydrogens is 402 g/mol. The quantitative estimate of drug-likeness (QED) is 0.326. The van der Waals surface area contributed by atoms with Crippen molar-refractivity contribution in [2.45, 2.75) is 0 Å². The first-order valence-electron chi connectivity index (χ1n) is 9.13. The number of carbonyl (C=O) groups excluding carboxylic acids is 1. The second-order valence-electron chi connectivity index (χ2n) is 6.32. The van der Waals surface area contributed by atoms with Crippen LogP contribution in [0.3, 0.4) is 0 Å². The second-order valence-corrected chi connectivity index (χ2v) is 6.32. The molecule has 158 valence electrons. The van der Waals surface area contributed by atoms with Crippen molar-refractivity contribution in [3.63, 3.8) is 0 Å². The Bertz CT molecular complexity index is 1100. The molecule has 0 aliphatic carbocycles. The number of benzene rings is 3. The number of methoxy groups -OCH3 is 1. The molecule has 0 saturated heterocycles. The molecule has 0 bridgehead atoms. The molecule has 31 heavy (non-hydrogen) atoms. The fourth-order valence-corrected chi connectivity index (χ4v) is 2.70. The van der Waals surface area contributed by atoms with Crippen LogP contribution in [0, 0.1) is 10.1 Å². The van der Waals surface area contributed by atoms with Gasteiger partial charge in [0.2, 0.25) is 0 Å². The third-order valence-corrected chi connectivity index (χ3v) is 4.24. The van der Waals surface area contributed by atoms with Gasteiger partial charge in [-0.15, -0.1) is 0 Å². The van der Waals surface area contributed by atoms with E-state index in [9.17, 15) is 20.0 Å². The zero-order valence-electron chi connectivity index (χ0n) is 16.5. The Morgan fingerprint density at radius 2 is 1.81 bits per heavy atom. The number of hydrogen-bond acceptors (Lipinski definition) is 7. The molecule has 2 N–H and O–H groups in total. The molecule has 0 unspecified atom stereocenters. The number of aromatic hydroxyl groups is 1. The van der Waals surface area contributed by atoms with Crippen molar-refractivity contribution >= 4 is 17.8 Å². The van der Waals surface area contributed by atoms with Gasteiger partial charge in [0.1, 0.15) is 5.75 Å². The number of nitro groups is 1. The molecule has 0 aliphatic heterocycles. The molecule has 3 aromatic rings. The first-order valence-corrected chi connectivity index (χ1v) is 9.13. The number of rotatable bonds is 8. The SMILES string of the molecule is COc1cc([N+](=O)[O-])cc(/C=N/NC(=O)COc2ccc(-c3ccccc3)cc2)c1O. The number of hydrogen-bond donors (Lipinski definition) is 2. The summed E-state index contributed by atoms with van der Waals surface area (Å²) in [7, 11) is 1.27. The van der Waals surface area contributed by atoms with Crippen molar-refractivity contribution in [2.75, 3.05) is 13.7 Å². The van der Waals surface area contributed by atoms with E-state index in [1.165, 1.54) is 7.11 Å². The Morgan fingerprint density at radius 3 is 2.45 bits per heavy atom. The van der Waals surface area contributed by atoms with Gasteiger partial charge in [0.15, 0.2) is 18.1 Å². The highest BCUT2D eigenvalue weighted by Crippen LogP contribution is 2.33. The molecular formula is C22H19N3O6. The summed E-state index contributed by atoms with van der Waals surface area (Å²) in [4.78, 5) is 22.3. The zero-order valence-corrected chi connectivity index (χ0v) is 16.5. The lowest BCUT2D eigenvalue weighted by Gasteiger charge is -2.07. The molecule has 0 aromatic heterocycles. The summed E-state index contributed by atoms with van der Waals surface area (Å²) in [6.45, 7) is -0.285. The maximum atomic E-state index is 11.9. The van der Waals surface area contributed by atoms with Crippen LogP contribution < -0.4 is 14.9 Å². The third kappa shape index (κ3) is 5.57. The van der Waals surface area contributed by atoms with Crippen LogP contribution in [-0.2, 0) is 4.79 Å². The van der Waals surface area contributed by atoms with E-state index in [-0.39, 0.29) is 29.4 Å². The van der Waals surface area contributed by atoms with Crippen molar-refractivity contribution in [3.8, 4) is 28.4 Å². The predicted octanol–water partition coefficient (Wildman–Crippen LogP) is 3.51. The maximum Gasteiger partial charge on any atom is 0.277 e. The van der Waals surface area contributed by atoms with E-state index in [1.807, 2.05) is 42.5 Å². The zero-order chi connectivity index (χ0) is 22.2. The molecule has 0 atom stereocenters. The highest BCUT2D eigenvalue weighted by atomic mass is 16.6. The Hall–Kier alpha value is -4.40. The number of non-ortho nitro benzene ring substituents is 1. The monoisotopic (exact) mass is 421 g/mol. The van der Waals surface area contributed by atoms with Gasteiger partial charge in [-0.05, 0) is 23.3 Å². The minimum absolute atomic E-state index is 0.0174.